The lowest BCUT2D eigenvalue weighted by molar-refractivity contribution is -0.160. The predicted octanol–water partition coefficient (Wildman–Crippen LogP) is 3.74. The SMILES string of the molecule is O=C(NCCCC(=O)N1CCN(C(=O)C23CC4CC(CC(C4)C2)C3)CC1)c1ccc(Cl)cc1. The molecule has 1 heterocycles. The van der Waals surface area contributed by atoms with Gasteiger partial charge in [-0.05, 0) is 87.0 Å². The van der Waals surface area contributed by atoms with Gasteiger partial charge in [0.25, 0.3) is 5.91 Å². The molecule has 0 unspecified atom stereocenters. The second kappa shape index (κ2) is 9.28. The number of nitrogens with one attached hydrogen (secondary N) is 1. The molecule has 1 saturated heterocycles. The van der Waals surface area contributed by atoms with E-state index in [9.17, 15) is 14.4 Å². The summed E-state index contributed by atoms with van der Waals surface area (Å²) in [5.41, 5.74) is 0.467. The molecule has 4 bridgehead atoms. The molecule has 4 aliphatic carbocycles. The summed E-state index contributed by atoms with van der Waals surface area (Å²) in [4.78, 5) is 42.2. The third kappa shape index (κ3) is 4.77. The third-order valence-corrected chi connectivity index (χ3v) is 8.62. The summed E-state index contributed by atoms with van der Waals surface area (Å²) in [5.74, 6) is 2.63. The Morgan fingerprint density at radius 2 is 1.42 bits per heavy atom. The van der Waals surface area contributed by atoms with Gasteiger partial charge in [-0.2, -0.15) is 0 Å². The van der Waals surface area contributed by atoms with Crippen molar-refractivity contribution in [3.63, 3.8) is 0 Å². The van der Waals surface area contributed by atoms with Crippen LogP contribution in [0.2, 0.25) is 5.02 Å². The fourth-order valence-corrected chi connectivity index (χ4v) is 7.30. The zero-order chi connectivity index (χ0) is 23.0. The molecular weight excluding hydrogens is 438 g/mol. The van der Waals surface area contributed by atoms with E-state index in [0.29, 0.717) is 62.1 Å². The van der Waals surface area contributed by atoms with E-state index in [1.54, 1.807) is 24.3 Å². The van der Waals surface area contributed by atoms with E-state index in [4.69, 9.17) is 11.6 Å². The molecule has 4 saturated carbocycles. The van der Waals surface area contributed by atoms with Gasteiger partial charge < -0.3 is 15.1 Å². The molecule has 1 aromatic rings. The van der Waals surface area contributed by atoms with Crippen LogP contribution in [0.3, 0.4) is 0 Å². The van der Waals surface area contributed by atoms with Crippen LogP contribution in [-0.2, 0) is 9.59 Å². The van der Waals surface area contributed by atoms with Gasteiger partial charge in [0, 0.05) is 49.7 Å². The Morgan fingerprint density at radius 1 is 0.879 bits per heavy atom. The summed E-state index contributed by atoms with van der Waals surface area (Å²) in [5, 5.41) is 3.45. The third-order valence-electron chi connectivity index (χ3n) is 8.37. The van der Waals surface area contributed by atoms with Gasteiger partial charge in [0.15, 0.2) is 0 Å². The lowest BCUT2D eigenvalue weighted by Gasteiger charge is -2.57. The molecule has 6 rings (SSSR count). The molecule has 0 aromatic heterocycles. The Bertz CT molecular complexity index is 873. The number of carbonyl (C=O) groups excluding carboxylic acids is 3. The zero-order valence-electron chi connectivity index (χ0n) is 19.2. The highest BCUT2D eigenvalue weighted by Gasteiger charge is 2.55. The lowest BCUT2D eigenvalue weighted by Crippen LogP contribution is -2.58. The number of nitrogens with zero attached hydrogens (tertiary/aromatic N) is 2. The number of halogens is 1. The Balaban J connectivity index is 1.04. The lowest BCUT2D eigenvalue weighted by atomic mass is 9.49. The number of hydrogen-bond acceptors (Lipinski definition) is 3. The summed E-state index contributed by atoms with van der Waals surface area (Å²) < 4.78 is 0. The fourth-order valence-electron chi connectivity index (χ4n) is 7.17. The van der Waals surface area contributed by atoms with Gasteiger partial charge in [-0.1, -0.05) is 11.6 Å². The Morgan fingerprint density at radius 3 is 2.00 bits per heavy atom. The average Bonchev–Trinajstić information content (AvgIpc) is 2.81. The van der Waals surface area contributed by atoms with Crippen molar-refractivity contribution >= 4 is 29.3 Å². The van der Waals surface area contributed by atoms with Gasteiger partial charge >= 0.3 is 0 Å². The van der Waals surface area contributed by atoms with E-state index in [0.717, 1.165) is 37.0 Å². The van der Waals surface area contributed by atoms with E-state index in [1.807, 2.05) is 9.80 Å². The van der Waals surface area contributed by atoms with Crippen LogP contribution in [-0.4, -0.2) is 60.2 Å². The predicted molar refractivity (Wildman–Crippen MR) is 127 cm³/mol. The van der Waals surface area contributed by atoms with Gasteiger partial charge in [0.2, 0.25) is 11.8 Å². The average molecular weight is 472 g/mol. The minimum atomic E-state index is -0.157. The van der Waals surface area contributed by atoms with Crippen LogP contribution in [0.5, 0.6) is 0 Å². The standard InChI is InChI=1S/C26H34ClN3O3/c27-22-5-3-21(4-6-22)24(32)28-7-1-2-23(31)29-8-10-30(11-9-29)25(33)26-15-18-12-19(16-26)14-20(13-18)17-26/h3-6,18-20H,1-2,7-17H2,(H,28,32). The normalized spacial score (nSPS) is 30.4. The monoisotopic (exact) mass is 471 g/mol. The van der Waals surface area contributed by atoms with Crippen molar-refractivity contribution < 1.29 is 14.4 Å². The zero-order valence-corrected chi connectivity index (χ0v) is 20.0. The van der Waals surface area contributed by atoms with Gasteiger partial charge in [0.1, 0.15) is 0 Å². The summed E-state index contributed by atoms with van der Waals surface area (Å²) in [6, 6.07) is 6.75. The molecule has 3 amide bonds. The van der Waals surface area contributed by atoms with Crippen molar-refractivity contribution in [2.45, 2.75) is 51.4 Å². The molecule has 7 heteroatoms. The van der Waals surface area contributed by atoms with Crippen LogP contribution < -0.4 is 5.32 Å². The molecule has 6 nitrogen and oxygen atoms in total. The highest BCUT2D eigenvalue weighted by Crippen LogP contribution is 2.60. The van der Waals surface area contributed by atoms with Gasteiger partial charge in [-0.25, -0.2) is 0 Å². The van der Waals surface area contributed by atoms with Crippen LogP contribution >= 0.6 is 11.6 Å². The first-order chi connectivity index (χ1) is 15.9. The maximum absolute atomic E-state index is 13.5. The molecule has 0 atom stereocenters. The highest BCUT2D eigenvalue weighted by molar-refractivity contribution is 6.30. The van der Waals surface area contributed by atoms with E-state index < -0.39 is 0 Å². The molecule has 1 N–H and O–H groups in total. The van der Waals surface area contributed by atoms with Crippen molar-refractivity contribution in [1.82, 2.24) is 15.1 Å². The number of carbonyl (C=O) groups is 3. The molecule has 1 aromatic carbocycles. The van der Waals surface area contributed by atoms with Crippen LogP contribution in [0.1, 0.15) is 61.7 Å². The number of piperazine rings is 1. The van der Waals surface area contributed by atoms with Crippen LogP contribution in [0, 0.1) is 23.2 Å². The number of benzene rings is 1. The van der Waals surface area contributed by atoms with E-state index in [2.05, 4.69) is 5.32 Å². The first-order valence-electron chi connectivity index (χ1n) is 12.5. The van der Waals surface area contributed by atoms with E-state index in [-0.39, 0.29) is 17.2 Å². The van der Waals surface area contributed by atoms with Gasteiger partial charge in [0.05, 0.1) is 5.41 Å². The molecule has 1 aliphatic heterocycles. The summed E-state index contributed by atoms with van der Waals surface area (Å²) >= 11 is 5.85. The van der Waals surface area contributed by atoms with Crippen molar-refractivity contribution in [2.24, 2.45) is 23.2 Å². The maximum Gasteiger partial charge on any atom is 0.251 e. The molecule has 0 spiro atoms. The van der Waals surface area contributed by atoms with E-state index in [1.165, 1.54) is 19.3 Å². The highest BCUT2D eigenvalue weighted by atomic mass is 35.5. The van der Waals surface area contributed by atoms with Crippen LogP contribution in [0.15, 0.2) is 24.3 Å². The molecule has 178 valence electrons. The number of rotatable bonds is 6. The smallest absolute Gasteiger partial charge is 0.251 e. The molecule has 0 radical (unpaired) electrons. The van der Waals surface area contributed by atoms with Crippen molar-refractivity contribution in [1.29, 1.82) is 0 Å². The Labute approximate surface area is 201 Å². The maximum atomic E-state index is 13.5. The second-order valence-electron chi connectivity index (χ2n) is 10.7. The summed E-state index contributed by atoms with van der Waals surface area (Å²) in [6.45, 7) is 3.00. The first kappa shape index (κ1) is 22.7. The largest absolute Gasteiger partial charge is 0.352 e. The van der Waals surface area contributed by atoms with E-state index >= 15 is 0 Å². The fraction of sp³-hybridized carbons (Fsp3) is 0.654. The van der Waals surface area contributed by atoms with Crippen molar-refractivity contribution in [2.75, 3.05) is 32.7 Å². The second-order valence-corrected chi connectivity index (χ2v) is 11.2. The number of amides is 3. The quantitative estimate of drug-likeness (QED) is 0.642. The Kier molecular flexibility index (Phi) is 6.39. The summed E-state index contributed by atoms with van der Waals surface area (Å²) in [6.07, 6.45) is 8.32. The van der Waals surface area contributed by atoms with Gasteiger partial charge in [-0.3, -0.25) is 14.4 Å². The van der Waals surface area contributed by atoms with Crippen LogP contribution in [0.4, 0.5) is 0 Å². The van der Waals surface area contributed by atoms with Crippen molar-refractivity contribution in [3.8, 4) is 0 Å². The Hall–Kier alpha value is -2.08. The summed E-state index contributed by atoms with van der Waals surface area (Å²) in [7, 11) is 0. The first-order valence-corrected chi connectivity index (χ1v) is 12.9. The van der Waals surface area contributed by atoms with Gasteiger partial charge in [-0.15, -0.1) is 0 Å². The molecule has 5 aliphatic rings. The topological polar surface area (TPSA) is 69.7 Å². The molecule has 5 fully saturated rings. The minimum Gasteiger partial charge on any atom is -0.352 e. The minimum absolute atomic E-state index is 0.0940. The number of hydrogen-bond donors (Lipinski definition) is 1. The molecular formula is C26H34ClN3O3. The molecule has 33 heavy (non-hydrogen) atoms. The van der Waals surface area contributed by atoms with Crippen LogP contribution in [0.25, 0.3) is 0 Å². The van der Waals surface area contributed by atoms with Crippen molar-refractivity contribution in [3.05, 3.63) is 34.9 Å².